The van der Waals surface area contributed by atoms with Crippen molar-refractivity contribution in [1.82, 2.24) is 20.1 Å². The van der Waals surface area contributed by atoms with Crippen molar-refractivity contribution in [2.75, 3.05) is 24.3 Å². The monoisotopic (exact) mass is 527 g/mol. The molecule has 194 valence electrons. The normalized spacial score (nSPS) is 12.6. The molecule has 1 aliphatic rings. The Kier molecular flexibility index (Phi) is 7.74. The van der Waals surface area contributed by atoms with E-state index in [2.05, 4.69) is 21.6 Å². The highest BCUT2D eigenvalue weighted by Crippen LogP contribution is 2.29. The molecule has 1 aliphatic heterocycles. The van der Waals surface area contributed by atoms with Crippen LogP contribution in [0.15, 0.2) is 78.0 Å². The quantitative estimate of drug-likeness (QED) is 0.337. The zero-order chi connectivity index (χ0) is 26.5. The first-order valence-corrected chi connectivity index (χ1v) is 13.5. The second kappa shape index (κ2) is 11.5. The van der Waals surface area contributed by atoms with E-state index in [4.69, 9.17) is 4.74 Å². The molecular weight excluding hydrogens is 498 g/mol. The predicted octanol–water partition coefficient (Wildman–Crippen LogP) is 4.59. The molecule has 0 atom stereocenters. The van der Waals surface area contributed by atoms with Gasteiger partial charge in [-0.2, -0.15) is 0 Å². The maximum atomic E-state index is 13.2. The molecule has 5 rings (SSSR count). The lowest BCUT2D eigenvalue weighted by Gasteiger charge is -2.29. The van der Waals surface area contributed by atoms with E-state index in [0.717, 1.165) is 29.8 Å². The number of aromatic nitrogens is 3. The van der Waals surface area contributed by atoms with Crippen LogP contribution >= 0.6 is 11.8 Å². The third-order valence-electron chi connectivity index (χ3n) is 6.44. The fourth-order valence-electron chi connectivity index (χ4n) is 4.56. The van der Waals surface area contributed by atoms with Crippen LogP contribution in [0.25, 0.3) is 5.69 Å². The van der Waals surface area contributed by atoms with Crippen molar-refractivity contribution in [3.05, 3.63) is 95.3 Å². The van der Waals surface area contributed by atoms with Crippen molar-refractivity contribution in [2.45, 2.75) is 31.5 Å². The molecule has 38 heavy (non-hydrogen) atoms. The van der Waals surface area contributed by atoms with Gasteiger partial charge in [0.2, 0.25) is 5.91 Å². The Morgan fingerprint density at radius 1 is 1.03 bits per heavy atom. The molecule has 4 aromatic rings. The van der Waals surface area contributed by atoms with Gasteiger partial charge in [0.15, 0.2) is 11.0 Å². The van der Waals surface area contributed by atoms with Crippen LogP contribution in [-0.4, -0.2) is 46.0 Å². The van der Waals surface area contributed by atoms with Crippen LogP contribution in [0, 0.1) is 6.92 Å². The van der Waals surface area contributed by atoms with Gasteiger partial charge in [0.05, 0.1) is 19.4 Å². The first-order valence-electron chi connectivity index (χ1n) is 12.5. The number of aryl methyl sites for hydroxylation is 2. The smallest absolute Gasteiger partial charge is 0.251 e. The summed E-state index contributed by atoms with van der Waals surface area (Å²) in [4.78, 5) is 27.9. The summed E-state index contributed by atoms with van der Waals surface area (Å²) < 4.78 is 7.13. The Hall–Kier alpha value is -4.11. The van der Waals surface area contributed by atoms with E-state index < -0.39 is 0 Å². The highest BCUT2D eigenvalue weighted by Gasteiger charge is 2.24. The summed E-state index contributed by atoms with van der Waals surface area (Å²) in [5.74, 6) is 1.21. The van der Waals surface area contributed by atoms with Crippen molar-refractivity contribution >= 4 is 29.3 Å². The minimum absolute atomic E-state index is 0.0359. The van der Waals surface area contributed by atoms with Gasteiger partial charge in [-0.05, 0) is 67.3 Å². The van der Waals surface area contributed by atoms with Gasteiger partial charge >= 0.3 is 0 Å². The fourth-order valence-corrected chi connectivity index (χ4v) is 5.40. The number of hydrogen-bond acceptors (Lipinski definition) is 6. The number of nitrogens with one attached hydrogen (secondary N) is 1. The van der Waals surface area contributed by atoms with Crippen molar-refractivity contribution < 1.29 is 14.3 Å². The number of benzene rings is 3. The number of carbonyl (C=O) groups is 2. The van der Waals surface area contributed by atoms with Gasteiger partial charge in [-0.3, -0.25) is 14.2 Å². The van der Waals surface area contributed by atoms with Gasteiger partial charge in [-0.1, -0.05) is 48.2 Å². The molecule has 0 spiro atoms. The van der Waals surface area contributed by atoms with Crippen LogP contribution in [0.5, 0.6) is 5.75 Å². The molecular formula is C29H29N5O3S. The highest BCUT2D eigenvalue weighted by atomic mass is 32.2. The maximum absolute atomic E-state index is 13.2. The zero-order valence-electron chi connectivity index (χ0n) is 21.4. The first-order chi connectivity index (χ1) is 18.5. The molecule has 0 fully saturated rings. The van der Waals surface area contributed by atoms with Crippen LogP contribution in [0.2, 0.25) is 0 Å². The van der Waals surface area contributed by atoms with Gasteiger partial charge < -0.3 is 15.0 Å². The van der Waals surface area contributed by atoms with Crippen LogP contribution in [0.3, 0.4) is 0 Å². The number of carbonyl (C=O) groups excluding carboxylic acids is 2. The lowest BCUT2D eigenvalue weighted by atomic mass is 10.0. The van der Waals surface area contributed by atoms with E-state index in [9.17, 15) is 9.59 Å². The number of rotatable bonds is 8. The average molecular weight is 528 g/mol. The Morgan fingerprint density at radius 3 is 2.71 bits per heavy atom. The Balaban J connectivity index is 1.35. The van der Waals surface area contributed by atoms with Crippen LogP contribution < -0.4 is 15.0 Å². The summed E-state index contributed by atoms with van der Waals surface area (Å²) in [6, 6.07) is 23.0. The van der Waals surface area contributed by atoms with Gasteiger partial charge in [-0.15, -0.1) is 10.2 Å². The zero-order valence-corrected chi connectivity index (χ0v) is 22.2. The molecule has 0 bridgehead atoms. The van der Waals surface area contributed by atoms with E-state index in [1.807, 2.05) is 58.9 Å². The van der Waals surface area contributed by atoms with Crippen molar-refractivity contribution in [3.8, 4) is 11.4 Å². The number of nitrogens with zero attached hydrogens (tertiary/aromatic N) is 4. The fraction of sp³-hybridized carbons (Fsp3) is 0.241. The number of amides is 2. The Morgan fingerprint density at radius 2 is 1.87 bits per heavy atom. The van der Waals surface area contributed by atoms with Crippen molar-refractivity contribution in [1.29, 1.82) is 0 Å². The molecule has 1 N–H and O–H groups in total. The third-order valence-corrected chi connectivity index (χ3v) is 7.35. The molecule has 3 aromatic carbocycles. The van der Waals surface area contributed by atoms with E-state index in [1.54, 1.807) is 31.4 Å². The number of thioether (sulfide) groups is 1. The standard InChI is InChI=1S/C29H29N5O3S/c1-20-8-5-12-23(16-20)34-26(18-30-28(36)22-10-6-13-24(17-22)37-2)31-32-29(34)38-19-27(35)33-15-7-11-21-9-3-4-14-25(21)33/h3-6,8-10,12-14,16-17H,7,11,15,18-19H2,1-2H3,(H,30,36). The lowest BCUT2D eigenvalue weighted by Crippen LogP contribution is -2.36. The SMILES string of the molecule is COc1cccc(C(=O)NCc2nnc(SCC(=O)N3CCCc4ccccc43)n2-c2cccc(C)c2)c1. The molecule has 0 saturated carbocycles. The number of methoxy groups -OCH3 is 1. The average Bonchev–Trinajstić information content (AvgIpc) is 3.37. The molecule has 1 aromatic heterocycles. The van der Waals surface area contributed by atoms with Gasteiger partial charge in [0, 0.05) is 23.5 Å². The minimum Gasteiger partial charge on any atom is -0.497 e. The van der Waals surface area contributed by atoms with Crippen LogP contribution in [0.1, 0.15) is 33.7 Å². The minimum atomic E-state index is -0.240. The van der Waals surface area contributed by atoms with E-state index in [-0.39, 0.29) is 24.1 Å². The van der Waals surface area contributed by atoms with Gasteiger partial charge in [-0.25, -0.2) is 0 Å². The predicted molar refractivity (Wildman–Crippen MR) is 148 cm³/mol. The number of fused-ring (bicyclic) bond motifs is 1. The largest absolute Gasteiger partial charge is 0.497 e. The lowest BCUT2D eigenvalue weighted by molar-refractivity contribution is -0.116. The second-order valence-electron chi connectivity index (χ2n) is 9.05. The van der Waals surface area contributed by atoms with Crippen molar-refractivity contribution in [3.63, 3.8) is 0 Å². The second-order valence-corrected chi connectivity index (χ2v) is 10.00. The molecule has 0 saturated heterocycles. The highest BCUT2D eigenvalue weighted by molar-refractivity contribution is 7.99. The summed E-state index contributed by atoms with van der Waals surface area (Å²) >= 11 is 1.35. The molecule has 2 amide bonds. The number of ether oxygens (including phenoxy) is 1. The number of para-hydroxylation sites is 1. The van der Waals surface area contributed by atoms with Crippen LogP contribution in [-0.2, 0) is 17.8 Å². The van der Waals surface area contributed by atoms with Crippen molar-refractivity contribution in [2.24, 2.45) is 0 Å². The topological polar surface area (TPSA) is 89.3 Å². The Labute approximate surface area is 226 Å². The van der Waals surface area contributed by atoms with E-state index in [0.29, 0.717) is 28.8 Å². The summed E-state index contributed by atoms with van der Waals surface area (Å²) in [7, 11) is 1.56. The first kappa shape index (κ1) is 25.5. The summed E-state index contributed by atoms with van der Waals surface area (Å²) in [5, 5.41) is 12.3. The summed E-state index contributed by atoms with van der Waals surface area (Å²) in [6.07, 6.45) is 1.93. The van der Waals surface area contributed by atoms with E-state index >= 15 is 0 Å². The molecule has 9 heteroatoms. The molecule has 0 unspecified atom stereocenters. The summed E-state index contributed by atoms with van der Waals surface area (Å²) in [5.41, 5.74) is 4.64. The third kappa shape index (κ3) is 5.57. The van der Waals surface area contributed by atoms with Crippen LogP contribution in [0.4, 0.5) is 5.69 Å². The Bertz CT molecular complexity index is 1470. The molecule has 2 heterocycles. The van der Waals surface area contributed by atoms with E-state index in [1.165, 1.54) is 17.3 Å². The molecule has 8 nitrogen and oxygen atoms in total. The number of anilines is 1. The molecule has 0 radical (unpaired) electrons. The number of hydrogen-bond donors (Lipinski definition) is 1. The van der Waals surface area contributed by atoms with Gasteiger partial charge in [0.25, 0.3) is 5.91 Å². The molecule has 0 aliphatic carbocycles. The van der Waals surface area contributed by atoms with Gasteiger partial charge in [0.1, 0.15) is 5.75 Å². The maximum Gasteiger partial charge on any atom is 0.251 e. The summed E-state index contributed by atoms with van der Waals surface area (Å²) in [6.45, 7) is 2.90.